The highest BCUT2D eigenvalue weighted by atomic mass is 16.5. The van der Waals surface area contributed by atoms with E-state index >= 15 is 0 Å². The highest BCUT2D eigenvalue weighted by Crippen LogP contribution is 2.18. The molecular weight excluding hydrogens is 226 g/mol. The van der Waals surface area contributed by atoms with Crippen molar-refractivity contribution in [3.05, 3.63) is 53.5 Å². The summed E-state index contributed by atoms with van der Waals surface area (Å²) in [7, 11) is 0. The zero-order valence-corrected chi connectivity index (χ0v) is 10.9. The van der Waals surface area contributed by atoms with Crippen molar-refractivity contribution in [1.29, 1.82) is 0 Å². The Morgan fingerprint density at radius 2 is 2.11 bits per heavy atom. The number of rotatable bonds is 6. The molecule has 0 fully saturated rings. The van der Waals surface area contributed by atoms with Crippen LogP contribution in [0.2, 0.25) is 0 Å². The molecule has 0 unspecified atom stereocenters. The van der Waals surface area contributed by atoms with Gasteiger partial charge in [0.15, 0.2) is 0 Å². The summed E-state index contributed by atoms with van der Waals surface area (Å²) in [5.74, 6) is 0.972. The summed E-state index contributed by atoms with van der Waals surface area (Å²) in [6.45, 7) is 6.44. The van der Waals surface area contributed by atoms with Gasteiger partial charge >= 0.3 is 0 Å². The molecule has 18 heavy (non-hydrogen) atoms. The average molecular weight is 245 g/mol. The van der Waals surface area contributed by atoms with Crippen LogP contribution in [-0.4, -0.2) is 13.2 Å². The average Bonchev–Trinajstić information content (AvgIpc) is 2.86. The van der Waals surface area contributed by atoms with Crippen molar-refractivity contribution in [1.82, 2.24) is 5.32 Å². The third-order valence-corrected chi connectivity index (χ3v) is 2.79. The van der Waals surface area contributed by atoms with Gasteiger partial charge in [0.25, 0.3) is 0 Å². The Morgan fingerprint density at radius 3 is 2.89 bits per heavy atom. The van der Waals surface area contributed by atoms with Crippen molar-refractivity contribution in [2.24, 2.45) is 0 Å². The van der Waals surface area contributed by atoms with Crippen LogP contribution in [0.1, 0.15) is 16.7 Å². The Bertz CT molecular complexity index is 477. The normalized spacial score (nSPS) is 10.6. The summed E-state index contributed by atoms with van der Waals surface area (Å²) in [6, 6.07) is 8.22. The zero-order chi connectivity index (χ0) is 12.8. The summed E-state index contributed by atoms with van der Waals surface area (Å²) in [5.41, 5.74) is 3.55. The van der Waals surface area contributed by atoms with Gasteiger partial charge in [-0.25, -0.2) is 0 Å². The lowest BCUT2D eigenvalue weighted by Crippen LogP contribution is -2.20. The van der Waals surface area contributed by atoms with Crippen LogP contribution in [0.15, 0.2) is 41.2 Å². The Morgan fingerprint density at radius 1 is 1.22 bits per heavy atom. The predicted octanol–water partition coefficient (Wildman–Crippen LogP) is 3.07. The maximum absolute atomic E-state index is 5.75. The van der Waals surface area contributed by atoms with Crippen LogP contribution in [0, 0.1) is 13.8 Å². The molecule has 3 nitrogen and oxygen atoms in total. The van der Waals surface area contributed by atoms with E-state index in [2.05, 4.69) is 37.4 Å². The lowest BCUT2D eigenvalue weighted by molar-refractivity contribution is 0.311. The minimum absolute atomic E-state index is 0.669. The minimum Gasteiger partial charge on any atom is -0.492 e. The second-order valence-corrected chi connectivity index (χ2v) is 4.43. The second-order valence-electron chi connectivity index (χ2n) is 4.43. The van der Waals surface area contributed by atoms with Gasteiger partial charge in [-0.15, -0.1) is 0 Å². The number of hydrogen-bond acceptors (Lipinski definition) is 3. The molecule has 3 heteroatoms. The number of furan rings is 1. The molecule has 1 aromatic heterocycles. The van der Waals surface area contributed by atoms with Gasteiger partial charge < -0.3 is 14.5 Å². The summed E-state index contributed by atoms with van der Waals surface area (Å²) in [4.78, 5) is 0. The fourth-order valence-corrected chi connectivity index (χ4v) is 1.72. The molecule has 2 aromatic rings. The van der Waals surface area contributed by atoms with Gasteiger partial charge in [-0.1, -0.05) is 12.1 Å². The highest BCUT2D eigenvalue weighted by molar-refractivity contribution is 5.35. The third kappa shape index (κ3) is 3.64. The van der Waals surface area contributed by atoms with Gasteiger partial charge in [-0.05, 0) is 37.1 Å². The number of ether oxygens (including phenoxy) is 1. The molecule has 0 atom stereocenters. The summed E-state index contributed by atoms with van der Waals surface area (Å²) >= 11 is 0. The Balaban J connectivity index is 1.70. The molecule has 0 radical (unpaired) electrons. The van der Waals surface area contributed by atoms with Crippen molar-refractivity contribution in [2.45, 2.75) is 20.4 Å². The van der Waals surface area contributed by atoms with E-state index in [1.165, 1.54) is 11.1 Å². The number of aryl methyl sites for hydroxylation is 2. The summed E-state index contributed by atoms with van der Waals surface area (Å²) in [6.07, 6.45) is 3.43. The van der Waals surface area contributed by atoms with E-state index in [9.17, 15) is 0 Å². The standard InChI is InChI=1S/C15H19NO2/c1-12-3-4-13(2)15(9-12)18-8-6-16-10-14-5-7-17-11-14/h3-5,7,9,11,16H,6,8,10H2,1-2H3. The van der Waals surface area contributed by atoms with Gasteiger partial charge in [-0.3, -0.25) is 0 Å². The monoisotopic (exact) mass is 245 g/mol. The van der Waals surface area contributed by atoms with Gasteiger partial charge in [0.2, 0.25) is 0 Å². The highest BCUT2D eigenvalue weighted by Gasteiger charge is 1.99. The first-order valence-corrected chi connectivity index (χ1v) is 6.17. The van der Waals surface area contributed by atoms with Gasteiger partial charge in [0.05, 0.1) is 12.5 Å². The van der Waals surface area contributed by atoms with E-state index in [0.717, 1.165) is 24.4 Å². The van der Waals surface area contributed by atoms with E-state index in [0.29, 0.717) is 6.61 Å². The molecule has 0 spiro atoms. The smallest absolute Gasteiger partial charge is 0.122 e. The Hall–Kier alpha value is -1.74. The van der Waals surface area contributed by atoms with Crippen LogP contribution in [-0.2, 0) is 6.54 Å². The maximum Gasteiger partial charge on any atom is 0.122 e. The van der Waals surface area contributed by atoms with Crippen molar-refractivity contribution in [3.8, 4) is 5.75 Å². The zero-order valence-electron chi connectivity index (χ0n) is 10.9. The number of nitrogens with one attached hydrogen (secondary N) is 1. The molecule has 0 aliphatic rings. The Labute approximate surface area is 108 Å². The van der Waals surface area contributed by atoms with Crippen LogP contribution >= 0.6 is 0 Å². The SMILES string of the molecule is Cc1ccc(C)c(OCCNCc2ccoc2)c1. The molecule has 1 N–H and O–H groups in total. The lowest BCUT2D eigenvalue weighted by atomic mass is 10.1. The lowest BCUT2D eigenvalue weighted by Gasteiger charge is -2.10. The molecule has 1 heterocycles. The van der Waals surface area contributed by atoms with Crippen LogP contribution in [0.25, 0.3) is 0 Å². The van der Waals surface area contributed by atoms with Crippen LogP contribution < -0.4 is 10.1 Å². The molecular formula is C15H19NO2. The topological polar surface area (TPSA) is 34.4 Å². The van der Waals surface area contributed by atoms with E-state index < -0.39 is 0 Å². The Kier molecular flexibility index (Phi) is 4.42. The fourth-order valence-electron chi connectivity index (χ4n) is 1.72. The first-order valence-electron chi connectivity index (χ1n) is 6.17. The number of benzene rings is 1. The van der Waals surface area contributed by atoms with Crippen LogP contribution in [0.5, 0.6) is 5.75 Å². The molecule has 1 aromatic carbocycles. The third-order valence-electron chi connectivity index (χ3n) is 2.79. The second kappa shape index (κ2) is 6.26. The molecule has 0 bridgehead atoms. The van der Waals surface area contributed by atoms with Crippen molar-refractivity contribution >= 4 is 0 Å². The molecule has 0 amide bonds. The van der Waals surface area contributed by atoms with Crippen molar-refractivity contribution in [2.75, 3.05) is 13.2 Å². The summed E-state index contributed by atoms with van der Waals surface area (Å²) < 4.78 is 10.7. The first kappa shape index (κ1) is 12.7. The van der Waals surface area contributed by atoms with Gasteiger partial charge in [0.1, 0.15) is 12.4 Å². The van der Waals surface area contributed by atoms with E-state index in [1.807, 2.05) is 6.07 Å². The van der Waals surface area contributed by atoms with Crippen molar-refractivity contribution in [3.63, 3.8) is 0 Å². The van der Waals surface area contributed by atoms with Crippen LogP contribution in [0.3, 0.4) is 0 Å². The molecule has 0 saturated carbocycles. The molecule has 96 valence electrons. The van der Waals surface area contributed by atoms with Gasteiger partial charge in [-0.2, -0.15) is 0 Å². The maximum atomic E-state index is 5.75. The van der Waals surface area contributed by atoms with E-state index in [-0.39, 0.29) is 0 Å². The molecule has 0 saturated heterocycles. The quantitative estimate of drug-likeness (QED) is 0.794. The molecule has 0 aliphatic carbocycles. The fraction of sp³-hybridized carbons (Fsp3) is 0.333. The largest absolute Gasteiger partial charge is 0.492 e. The van der Waals surface area contributed by atoms with Gasteiger partial charge in [0, 0.05) is 18.7 Å². The predicted molar refractivity (Wildman–Crippen MR) is 71.8 cm³/mol. The van der Waals surface area contributed by atoms with E-state index in [4.69, 9.17) is 9.15 Å². The van der Waals surface area contributed by atoms with E-state index in [1.54, 1.807) is 12.5 Å². The number of hydrogen-bond donors (Lipinski definition) is 1. The van der Waals surface area contributed by atoms with Crippen LogP contribution in [0.4, 0.5) is 0 Å². The van der Waals surface area contributed by atoms with Crippen molar-refractivity contribution < 1.29 is 9.15 Å². The first-order chi connectivity index (χ1) is 8.75. The molecule has 2 rings (SSSR count). The molecule has 0 aliphatic heterocycles. The summed E-state index contributed by atoms with van der Waals surface area (Å²) in [5, 5.41) is 3.31. The minimum atomic E-state index is 0.669.